The van der Waals surface area contributed by atoms with E-state index in [9.17, 15) is 9.59 Å². The van der Waals surface area contributed by atoms with Crippen LogP contribution in [0.1, 0.15) is 20.7 Å². The molecule has 0 atom stereocenters. The number of carbonyl (C=O) groups is 2. The first-order valence-electron chi connectivity index (χ1n) is 6.14. The zero-order chi connectivity index (χ0) is 14.2. The fraction of sp³-hybridized carbons (Fsp3) is 0. The highest BCUT2D eigenvalue weighted by Gasteiger charge is 2.02. The fourth-order valence-electron chi connectivity index (χ4n) is 1.58. The number of allylic oxidation sites excluding steroid dienone is 1. The van der Waals surface area contributed by atoms with Crippen molar-refractivity contribution in [2.75, 3.05) is 0 Å². The van der Waals surface area contributed by atoms with Gasteiger partial charge in [0.1, 0.15) is 0 Å². The Morgan fingerprint density at radius 2 is 1.35 bits per heavy atom. The van der Waals surface area contributed by atoms with Crippen molar-refractivity contribution in [3.05, 3.63) is 84.1 Å². The van der Waals surface area contributed by atoms with Gasteiger partial charge in [-0.15, -0.1) is 0 Å². The minimum Gasteiger partial charge on any atom is -0.305 e. The van der Waals surface area contributed by atoms with E-state index >= 15 is 0 Å². The molecule has 0 saturated carbocycles. The third kappa shape index (κ3) is 3.81. The molecule has 1 amide bonds. The Kier molecular flexibility index (Phi) is 4.67. The molecule has 0 fully saturated rings. The van der Waals surface area contributed by atoms with Crippen LogP contribution in [-0.2, 0) is 0 Å². The number of hydrogen-bond acceptors (Lipinski definition) is 3. The quantitative estimate of drug-likeness (QED) is 0.496. The lowest BCUT2D eigenvalue weighted by Gasteiger charge is -2.03. The number of amides is 1. The molecule has 0 aliphatic carbocycles. The summed E-state index contributed by atoms with van der Waals surface area (Å²) < 4.78 is 0. The SMILES string of the molecule is O=C(/C=C\NNC(=O)c1ccccc1)c1ccccc1. The number of hydrogen-bond donors (Lipinski definition) is 2. The zero-order valence-corrected chi connectivity index (χ0v) is 10.7. The first-order valence-corrected chi connectivity index (χ1v) is 6.14. The van der Waals surface area contributed by atoms with E-state index < -0.39 is 0 Å². The minimum absolute atomic E-state index is 0.132. The zero-order valence-electron chi connectivity index (χ0n) is 10.7. The number of nitrogens with one attached hydrogen (secondary N) is 2. The van der Waals surface area contributed by atoms with Gasteiger partial charge in [-0.05, 0) is 12.1 Å². The van der Waals surface area contributed by atoms with Gasteiger partial charge in [0, 0.05) is 23.4 Å². The normalized spacial score (nSPS) is 10.2. The molecule has 2 aromatic rings. The van der Waals surface area contributed by atoms with Crippen LogP contribution in [0.15, 0.2) is 72.9 Å². The summed E-state index contributed by atoms with van der Waals surface area (Å²) in [5.74, 6) is -0.394. The molecule has 0 bridgehead atoms. The van der Waals surface area contributed by atoms with Gasteiger partial charge in [0.15, 0.2) is 5.78 Å². The monoisotopic (exact) mass is 266 g/mol. The second-order valence-electron chi connectivity index (χ2n) is 4.03. The average molecular weight is 266 g/mol. The topological polar surface area (TPSA) is 58.2 Å². The van der Waals surface area contributed by atoms with Crippen LogP contribution >= 0.6 is 0 Å². The molecule has 0 spiro atoms. The average Bonchev–Trinajstić information content (AvgIpc) is 2.53. The lowest BCUT2D eigenvalue weighted by Crippen LogP contribution is -2.33. The summed E-state index contributed by atoms with van der Waals surface area (Å²) in [7, 11) is 0. The molecule has 4 nitrogen and oxygen atoms in total. The molecular formula is C16H14N2O2. The molecule has 4 heteroatoms. The molecule has 0 aliphatic rings. The van der Waals surface area contributed by atoms with Gasteiger partial charge >= 0.3 is 0 Å². The van der Waals surface area contributed by atoms with Crippen molar-refractivity contribution in [1.82, 2.24) is 10.9 Å². The summed E-state index contributed by atoms with van der Waals surface area (Å²) in [4.78, 5) is 23.4. The summed E-state index contributed by atoms with van der Waals surface area (Å²) in [5.41, 5.74) is 6.20. The van der Waals surface area contributed by atoms with Crippen LogP contribution in [-0.4, -0.2) is 11.7 Å². The molecular weight excluding hydrogens is 252 g/mol. The van der Waals surface area contributed by atoms with E-state index in [1.54, 1.807) is 48.5 Å². The lowest BCUT2D eigenvalue weighted by molar-refractivity contribution is 0.0939. The Bertz CT molecular complexity index is 607. The van der Waals surface area contributed by atoms with Crippen LogP contribution in [0.2, 0.25) is 0 Å². The summed E-state index contributed by atoms with van der Waals surface area (Å²) in [5, 5.41) is 0. The van der Waals surface area contributed by atoms with Crippen molar-refractivity contribution in [2.45, 2.75) is 0 Å². The van der Waals surface area contributed by atoms with Crippen molar-refractivity contribution in [2.24, 2.45) is 0 Å². The number of rotatable bonds is 5. The number of hydrazine groups is 1. The molecule has 0 heterocycles. The van der Waals surface area contributed by atoms with Gasteiger partial charge in [-0.1, -0.05) is 48.5 Å². The maximum Gasteiger partial charge on any atom is 0.269 e. The van der Waals surface area contributed by atoms with E-state index in [0.29, 0.717) is 11.1 Å². The van der Waals surface area contributed by atoms with Crippen LogP contribution in [0.3, 0.4) is 0 Å². The standard InChI is InChI=1S/C16H14N2O2/c19-15(13-7-3-1-4-8-13)11-12-17-18-16(20)14-9-5-2-6-10-14/h1-12,17H,(H,18,20)/b12-11-. The van der Waals surface area contributed by atoms with E-state index in [1.807, 2.05) is 12.1 Å². The van der Waals surface area contributed by atoms with E-state index in [4.69, 9.17) is 0 Å². The number of benzene rings is 2. The summed E-state index contributed by atoms with van der Waals surface area (Å²) in [6.45, 7) is 0. The van der Waals surface area contributed by atoms with Crippen molar-refractivity contribution < 1.29 is 9.59 Å². The summed E-state index contributed by atoms with van der Waals surface area (Å²) in [6, 6.07) is 17.7. The van der Waals surface area contributed by atoms with Crippen LogP contribution in [0.4, 0.5) is 0 Å². The van der Waals surface area contributed by atoms with Crippen LogP contribution in [0, 0.1) is 0 Å². The Balaban J connectivity index is 1.83. The first kappa shape index (κ1) is 13.5. The predicted octanol–water partition coefficient (Wildman–Crippen LogP) is 2.32. The Labute approximate surface area is 117 Å². The molecule has 2 aromatic carbocycles. The second-order valence-corrected chi connectivity index (χ2v) is 4.03. The molecule has 100 valence electrons. The van der Waals surface area contributed by atoms with E-state index in [1.165, 1.54) is 12.3 Å². The largest absolute Gasteiger partial charge is 0.305 e. The van der Waals surface area contributed by atoms with Crippen LogP contribution in [0.5, 0.6) is 0 Å². The van der Waals surface area contributed by atoms with Gasteiger partial charge in [-0.25, -0.2) is 0 Å². The van der Waals surface area contributed by atoms with Gasteiger partial charge < -0.3 is 5.43 Å². The smallest absolute Gasteiger partial charge is 0.269 e. The number of ketones is 1. The van der Waals surface area contributed by atoms with Gasteiger partial charge in [0.2, 0.25) is 0 Å². The molecule has 0 saturated heterocycles. The summed E-state index contributed by atoms with van der Waals surface area (Å²) in [6.07, 6.45) is 2.76. The molecule has 20 heavy (non-hydrogen) atoms. The van der Waals surface area contributed by atoms with E-state index in [0.717, 1.165) is 0 Å². The van der Waals surface area contributed by atoms with Gasteiger partial charge in [0.05, 0.1) is 0 Å². The predicted molar refractivity (Wildman–Crippen MR) is 77.0 cm³/mol. The highest BCUT2D eigenvalue weighted by atomic mass is 16.2. The molecule has 0 aromatic heterocycles. The number of carbonyl (C=O) groups excluding carboxylic acids is 2. The molecule has 0 aliphatic heterocycles. The molecule has 2 N–H and O–H groups in total. The van der Waals surface area contributed by atoms with E-state index in [-0.39, 0.29) is 11.7 Å². The van der Waals surface area contributed by atoms with Gasteiger partial charge in [-0.2, -0.15) is 0 Å². The third-order valence-corrected chi connectivity index (χ3v) is 2.60. The van der Waals surface area contributed by atoms with Gasteiger partial charge in [0.25, 0.3) is 5.91 Å². The highest BCUT2D eigenvalue weighted by Crippen LogP contribution is 2.00. The Morgan fingerprint density at radius 1 is 0.800 bits per heavy atom. The summed E-state index contributed by atoms with van der Waals surface area (Å²) >= 11 is 0. The lowest BCUT2D eigenvalue weighted by atomic mass is 10.1. The molecule has 2 rings (SSSR count). The van der Waals surface area contributed by atoms with Crippen molar-refractivity contribution in [1.29, 1.82) is 0 Å². The van der Waals surface area contributed by atoms with Crippen LogP contribution in [0.25, 0.3) is 0 Å². The third-order valence-electron chi connectivity index (χ3n) is 2.60. The van der Waals surface area contributed by atoms with Crippen molar-refractivity contribution in [3.63, 3.8) is 0 Å². The first-order chi connectivity index (χ1) is 9.77. The van der Waals surface area contributed by atoms with Crippen LogP contribution < -0.4 is 10.9 Å². The molecule has 0 radical (unpaired) electrons. The second kappa shape index (κ2) is 6.89. The Morgan fingerprint density at radius 3 is 1.95 bits per heavy atom. The van der Waals surface area contributed by atoms with Gasteiger partial charge in [-0.3, -0.25) is 15.0 Å². The highest BCUT2D eigenvalue weighted by molar-refractivity contribution is 6.04. The van der Waals surface area contributed by atoms with E-state index in [2.05, 4.69) is 10.9 Å². The minimum atomic E-state index is -0.262. The maximum atomic E-state index is 11.7. The van der Waals surface area contributed by atoms with Crippen molar-refractivity contribution >= 4 is 11.7 Å². The van der Waals surface area contributed by atoms with Crippen molar-refractivity contribution in [3.8, 4) is 0 Å². The molecule has 0 unspecified atom stereocenters. The Hall–Kier alpha value is -2.88. The maximum absolute atomic E-state index is 11.7. The fourth-order valence-corrected chi connectivity index (χ4v) is 1.58.